The molecule has 0 bridgehead atoms. The lowest BCUT2D eigenvalue weighted by atomic mass is 10.0. The summed E-state index contributed by atoms with van der Waals surface area (Å²) in [4.78, 5) is 0. The van der Waals surface area contributed by atoms with Crippen LogP contribution in [0.4, 0.5) is 0 Å². The van der Waals surface area contributed by atoms with Gasteiger partial charge in [0.2, 0.25) is 0 Å². The first-order valence-electron chi connectivity index (χ1n) is 7.59. The predicted octanol–water partition coefficient (Wildman–Crippen LogP) is 3.25. The van der Waals surface area contributed by atoms with Gasteiger partial charge in [0.15, 0.2) is 0 Å². The zero-order chi connectivity index (χ0) is 16.3. The second-order valence-corrected chi connectivity index (χ2v) is 6.30. The lowest BCUT2D eigenvalue weighted by Crippen LogP contribution is -2.33. The smallest absolute Gasteiger partial charge is 0.0649 e. The molecule has 0 radical (unpaired) electrons. The molecule has 0 saturated carbocycles. The lowest BCUT2D eigenvalue weighted by molar-refractivity contribution is 0.207. The molecular weight excluding hydrogens is 298 g/mol. The topological polar surface area (TPSA) is 50.1 Å². The van der Waals surface area contributed by atoms with Crippen molar-refractivity contribution in [3.63, 3.8) is 0 Å². The lowest BCUT2D eigenvalue weighted by Gasteiger charge is -2.19. The predicted molar refractivity (Wildman–Crippen MR) is 90.6 cm³/mol. The normalized spacial score (nSPS) is 14.1. The van der Waals surface area contributed by atoms with E-state index in [4.69, 9.17) is 11.6 Å². The van der Waals surface area contributed by atoms with Gasteiger partial charge < -0.3 is 10.4 Å². The molecule has 2 atom stereocenters. The van der Waals surface area contributed by atoms with Crippen LogP contribution in [0.25, 0.3) is 5.69 Å². The van der Waals surface area contributed by atoms with Gasteiger partial charge in [0, 0.05) is 35.5 Å². The highest BCUT2D eigenvalue weighted by molar-refractivity contribution is 6.30. The summed E-state index contributed by atoms with van der Waals surface area (Å²) in [6, 6.07) is 7.93. The molecule has 0 fully saturated rings. The third-order valence-corrected chi connectivity index (χ3v) is 4.51. The van der Waals surface area contributed by atoms with Gasteiger partial charge in [-0.05, 0) is 51.0 Å². The fraction of sp³-hybridized carbons (Fsp3) is 0.471. The Hall–Kier alpha value is -1.36. The van der Waals surface area contributed by atoms with Gasteiger partial charge >= 0.3 is 0 Å². The maximum Gasteiger partial charge on any atom is 0.0649 e. The van der Waals surface area contributed by atoms with Crippen LogP contribution in [0.1, 0.15) is 30.8 Å². The Balaban J connectivity index is 2.18. The van der Waals surface area contributed by atoms with E-state index in [1.165, 1.54) is 5.56 Å². The number of benzene rings is 1. The largest absolute Gasteiger partial charge is 0.396 e. The van der Waals surface area contributed by atoms with Crippen molar-refractivity contribution in [1.82, 2.24) is 15.1 Å². The van der Waals surface area contributed by atoms with Crippen LogP contribution in [-0.2, 0) is 6.54 Å². The number of rotatable bonds is 6. The van der Waals surface area contributed by atoms with E-state index in [2.05, 4.69) is 24.3 Å². The maximum atomic E-state index is 9.22. The van der Waals surface area contributed by atoms with Crippen molar-refractivity contribution in [3.8, 4) is 5.69 Å². The average molecular weight is 322 g/mol. The molecule has 0 aliphatic carbocycles. The maximum absolute atomic E-state index is 9.22. The van der Waals surface area contributed by atoms with Gasteiger partial charge in [0.05, 0.1) is 11.4 Å². The van der Waals surface area contributed by atoms with Crippen LogP contribution in [0.5, 0.6) is 0 Å². The molecule has 1 heterocycles. The van der Waals surface area contributed by atoms with Gasteiger partial charge in [-0.15, -0.1) is 0 Å². The summed E-state index contributed by atoms with van der Waals surface area (Å²) in [5.74, 6) is 0.229. The Bertz CT molecular complexity index is 622. The second-order valence-electron chi connectivity index (χ2n) is 5.87. The third-order valence-electron chi connectivity index (χ3n) is 4.25. The van der Waals surface area contributed by atoms with Gasteiger partial charge in [-0.1, -0.05) is 18.5 Å². The van der Waals surface area contributed by atoms with Crippen LogP contribution >= 0.6 is 11.6 Å². The van der Waals surface area contributed by atoms with Crippen LogP contribution in [0, 0.1) is 19.8 Å². The molecule has 2 N–H and O–H groups in total. The first-order valence-corrected chi connectivity index (χ1v) is 7.97. The zero-order valence-corrected chi connectivity index (χ0v) is 14.4. The Labute approximate surface area is 137 Å². The fourth-order valence-electron chi connectivity index (χ4n) is 2.39. The van der Waals surface area contributed by atoms with E-state index in [1.807, 2.05) is 42.8 Å². The van der Waals surface area contributed by atoms with Crippen LogP contribution in [0.2, 0.25) is 5.02 Å². The molecule has 2 rings (SSSR count). The van der Waals surface area contributed by atoms with Crippen molar-refractivity contribution >= 4 is 11.6 Å². The Kier molecular flexibility index (Phi) is 5.62. The van der Waals surface area contributed by atoms with Crippen molar-refractivity contribution in [1.29, 1.82) is 0 Å². The van der Waals surface area contributed by atoms with E-state index < -0.39 is 0 Å². The molecule has 0 spiro atoms. The number of hydrogen-bond donors (Lipinski definition) is 2. The number of aromatic nitrogens is 2. The molecule has 4 nitrogen and oxygen atoms in total. The highest BCUT2D eigenvalue weighted by Crippen LogP contribution is 2.20. The number of nitrogens with one attached hydrogen (secondary N) is 1. The quantitative estimate of drug-likeness (QED) is 0.858. The second kappa shape index (κ2) is 7.27. The van der Waals surface area contributed by atoms with Gasteiger partial charge in [0.1, 0.15) is 0 Å². The van der Waals surface area contributed by atoms with E-state index in [0.29, 0.717) is 0 Å². The van der Waals surface area contributed by atoms with Gasteiger partial charge in [-0.25, -0.2) is 4.68 Å². The number of nitrogens with zero attached hydrogens (tertiary/aromatic N) is 2. The van der Waals surface area contributed by atoms with Crippen LogP contribution in [0.15, 0.2) is 24.3 Å². The molecule has 0 aliphatic heterocycles. The minimum absolute atomic E-state index is 0.191. The van der Waals surface area contributed by atoms with Gasteiger partial charge in [0.25, 0.3) is 0 Å². The summed E-state index contributed by atoms with van der Waals surface area (Å²) in [6.45, 7) is 9.17. The van der Waals surface area contributed by atoms with Crippen molar-refractivity contribution in [2.24, 2.45) is 5.92 Å². The molecule has 2 unspecified atom stereocenters. The van der Waals surface area contributed by atoms with Crippen molar-refractivity contribution in [2.45, 2.75) is 40.3 Å². The molecule has 1 aromatic carbocycles. The monoisotopic (exact) mass is 321 g/mol. The van der Waals surface area contributed by atoms with Crippen molar-refractivity contribution < 1.29 is 5.11 Å². The standard InChI is InChI=1S/C17H24ClN3O/c1-11(10-22)12(2)19-9-17-13(3)20-21(14(17)4)16-7-5-15(18)6-8-16/h5-8,11-12,19,22H,9-10H2,1-4H3. The molecule has 120 valence electrons. The number of aryl methyl sites for hydroxylation is 1. The summed E-state index contributed by atoms with van der Waals surface area (Å²) in [5, 5.41) is 18.0. The number of aliphatic hydroxyl groups excluding tert-OH is 1. The third kappa shape index (κ3) is 3.69. The molecule has 1 aromatic heterocycles. The van der Waals surface area contributed by atoms with Crippen LogP contribution < -0.4 is 5.32 Å². The van der Waals surface area contributed by atoms with Crippen LogP contribution in [0.3, 0.4) is 0 Å². The summed E-state index contributed by atoms with van der Waals surface area (Å²) in [5.41, 5.74) is 4.35. The number of hydrogen-bond acceptors (Lipinski definition) is 3. The highest BCUT2D eigenvalue weighted by atomic mass is 35.5. The molecule has 2 aromatic rings. The number of aliphatic hydroxyl groups is 1. The molecule has 22 heavy (non-hydrogen) atoms. The van der Waals surface area contributed by atoms with E-state index in [1.54, 1.807) is 0 Å². The summed E-state index contributed by atoms with van der Waals surface area (Å²) < 4.78 is 1.95. The highest BCUT2D eigenvalue weighted by Gasteiger charge is 2.15. The zero-order valence-electron chi connectivity index (χ0n) is 13.6. The van der Waals surface area contributed by atoms with Crippen molar-refractivity contribution in [2.75, 3.05) is 6.61 Å². The van der Waals surface area contributed by atoms with Gasteiger partial charge in [-0.3, -0.25) is 0 Å². The van der Waals surface area contributed by atoms with Crippen molar-refractivity contribution in [3.05, 3.63) is 46.2 Å². The van der Waals surface area contributed by atoms with E-state index in [9.17, 15) is 5.11 Å². The summed E-state index contributed by atoms with van der Waals surface area (Å²) >= 11 is 5.94. The molecule has 0 aliphatic rings. The summed E-state index contributed by atoms with van der Waals surface area (Å²) in [6.07, 6.45) is 0. The first-order chi connectivity index (χ1) is 10.4. The SMILES string of the molecule is Cc1nn(-c2ccc(Cl)cc2)c(C)c1CNC(C)C(C)CO. The minimum Gasteiger partial charge on any atom is -0.396 e. The van der Waals surface area contributed by atoms with Crippen LogP contribution in [-0.4, -0.2) is 27.5 Å². The Morgan fingerprint density at radius 1 is 1.23 bits per heavy atom. The Morgan fingerprint density at radius 3 is 2.45 bits per heavy atom. The fourth-order valence-corrected chi connectivity index (χ4v) is 2.51. The minimum atomic E-state index is 0.191. The average Bonchev–Trinajstić information content (AvgIpc) is 2.79. The summed E-state index contributed by atoms with van der Waals surface area (Å²) in [7, 11) is 0. The van der Waals surface area contributed by atoms with Gasteiger partial charge in [-0.2, -0.15) is 5.10 Å². The van der Waals surface area contributed by atoms with E-state index >= 15 is 0 Å². The van der Waals surface area contributed by atoms with E-state index in [-0.39, 0.29) is 18.6 Å². The number of halogens is 1. The molecule has 5 heteroatoms. The first kappa shape index (κ1) is 17.0. The molecule has 0 saturated heterocycles. The Morgan fingerprint density at radius 2 is 1.86 bits per heavy atom. The molecule has 0 amide bonds. The van der Waals surface area contributed by atoms with E-state index in [0.717, 1.165) is 28.6 Å². The molecular formula is C17H24ClN3O.